The number of carbonyl (C=O) groups excluding carboxylic acids is 1. The maximum absolute atomic E-state index is 12.2. The van der Waals surface area contributed by atoms with E-state index in [1.54, 1.807) is 43.0 Å². The Morgan fingerprint density at radius 3 is 2.37 bits per heavy atom. The Bertz CT molecular complexity index is 526. The van der Waals surface area contributed by atoms with E-state index >= 15 is 0 Å². The molecule has 0 saturated carbocycles. The summed E-state index contributed by atoms with van der Waals surface area (Å²) in [4.78, 5) is 12.6. The largest absolute Gasteiger partial charge is 0.355 e. The fourth-order valence-electron chi connectivity index (χ4n) is 1.47. The zero-order valence-corrected chi connectivity index (χ0v) is 12.8. The van der Waals surface area contributed by atoms with Gasteiger partial charge in [0.05, 0.1) is 11.4 Å². The van der Waals surface area contributed by atoms with Crippen LogP contribution in [0.1, 0.15) is 6.92 Å². The number of carbonyl (C=O) groups is 1. The number of hydrogen-bond acceptors (Lipinski definition) is 4. The van der Waals surface area contributed by atoms with Gasteiger partial charge in [0, 0.05) is 18.5 Å². The molecule has 0 aliphatic carbocycles. The van der Waals surface area contributed by atoms with Crippen LogP contribution in [0.2, 0.25) is 0 Å². The molecule has 0 aliphatic rings. The Labute approximate surface area is 118 Å². The monoisotopic (exact) mass is 302 g/mol. The Kier molecular flexibility index (Phi) is 5.84. The molecule has 0 bridgehead atoms. The maximum atomic E-state index is 12.2. The third-order valence-corrected chi connectivity index (χ3v) is 5.07. The predicted molar refractivity (Wildman–Crippen MR) is 76.7 cm³/mol. The highest BCUT2D eigenvalue weighted by molar-refractivity contribution is 7.98. The molecule has 1 rings (SSSR count). The van der Waals surface area contributed by atoms with E-state index < -0.39 is 10.0 Å². The lowest BCUT2D eigenvalue weighted by Crippen LogP contribution is -2.38. The minimum atomic E-state index is -3.61. The minimum Gasteiger partial charge on any atom is -0.355 e. The summed E-state index contributed by atoms with van der Waals surface area (Å²) in [5, 5.41) is 2.57. The molecule has 1 amide bonds. The van der Waals surface area contributed by atoms with Gasteiger partial charge in [-0.3, -0.25) is 4.79 Å². The summed E-state index contributed by atoms with van der Waals surface area (Å²) in [6.45, 7) is 2.09. The van der Waals surface area contributed by atoms with Gasteiger partial charge in [-0.25, -0.2) is 8.42 Å². The van der Waals surface area contributed by atoms with Gasteiger partial charge in [-0.15, -0.1) is 11.8 Å². The number of amides is 1. The quantitative estimate of drug-likeness (QED) is 0.801. The van der Waals surface area contributed by atoms with E-state index in [9.17, 15) is 13.2 Å². The number of nitrogens with one attached hydrogen (secondary N) is 1. The smallest absolute Gasteiger partial charge is 0.243 e. The van der Waals surface area contributed by atoms with Crippen molar-refractivity contribution in [3.8, 4) is 0 Å². The summed E-state index contributed by atoms with van der Waals surface area (Å²) in [5.74, 6) is -0.311. The average Bonchev–Trinajstić information content (AvgIpc) is 2.39. The van der Waals surface area contributed by atoms with Crippen molar-refractivity contribution >= 4 is 27.7 Å². The highest BCUT2D eigenvalue weighted by atomic mass is 32.2. The molecule has 0 spiro atoms. The van der Waals surface area contributed by atoms with Crippen molar-refractivity contribution < 1.29 is 13.2 Å². The van der Waals surface area contributed by atoms with Crippen molar-refractivity contribution in [1.82, 2.24) is 9.62 Å². The molecular weight excluding hydrogens is 284 g/mol. The van der Waals surface area contributed by atoms with Gasteiger partial charge >= 0.3 is 0 Å². The van der Waals surface area contributed by atoms with E-state index in [4.69, 9.17) is 0 Å². The fraction of sp³-hybridized carbons (Fsp3) is 0.417. The second-order valence-electron chi connectivity index (χ2n) is 3.89. The molecule has 0 aliphatic heterocycles. The van der Waals surface area contributed by atoms with Crippen molar-refractivity contribution in [2.75, 3.05) is 26.4 Å². The number of thioether (sulfide) groups is 1. The van der Waals surface area contributed by atoms with Gasteiger partial charge in [-0.05, 0) is 37.4 Å². The van der Waals surface area contributed by atoms with Gasteiger partial charge in [0.1, 0.15) is 0 Å². The second kappa shape index (κ2) is 6.93. The highest BCUT2D eigenvalue weighted by Crippen LogP contribution is 2.19. The zero-order chi connectivity index (χ0) is 14.5. The van der Waals surface area contributed by atoms with Crippen LogP contribution in [0, 0.1) is 0 Å². The van der Waals surface area contributed by atoms with E-state index in [0.29, 0.717) is 6.54 Å². The molecule has 19 heavy (non-hydrogen) atoms. The van der Waals surface area contributed by atoms with Gasteiger partial charge in [-0.1, -0.05) is 0 Å². The first-order valence-corrected chi connectivity index (χ1v) is 8.45. The Hall–Kier alpha value is -1.05. The topological polar surface area (TPSA) is 66.5 Å². The first-order valence-electron chi connectivity index (χ1n) is 5.79. The molecule has 0 atom stereocenters. The van der Waals surface area contributed by atoms with Crippen molar-refractivity contribution in [2.45, 2.75) is 16.7 Å². The SMILES string of the molecule is CCNC(=O)CN(C)S(=O)(=O)c1ccc(SC)cc1. The molecule has 0 unspecified atom stereocenters. The molecule has 5 nitrogen and oxygen atoms in total. The van der Waals surface area contributed by atoms with E-state index in [1.165, 1.54) is 7.05 Å². The Morgan fingerprint density at radius 1 is 1.32 bits per heavy atom. The van der Waals surface area contributed by atoms with Crippen molar-refractivity contribution in [3.05, 3.63) is 24.3 Å². The van der Waals surface area contributed by atoms with E-state index in [-0.39, 0.29) is 17.3 Å². The summed E-state index contributed by atoms with van der Waals surface area (Å²) in [6.07, 6.45) is 1.92. The van der Waals surface area contributed by atoms with E-state index in [1.807, 2.05) is 6.26 Å². The standard InChI is InChI=1S/C12H18N2O3S2/c1-4-13-12(15)9-14(2)19(16,17)11-7-5-10(18-3)6-8-11/h5-8H,4,9H2,1-3H3,(H,13,15). The molecule has 1 aromatic carbocycles. The van der Waals surface area contributed by atoms with Crippen LogP contribution in [-0.2, 0) is 14.8 Å². The number of likely N-dealkylation sites (N-methyl/N-ethyl adjacent to an activating group) is 2. The van der Waals surface area contributed by atoms with Crippen LogP contribution in [0.5, 0.6) is 0 Å². The first kappa shape index (κ1) is 16.0. The number of nitrogens with zero attached hydrogens (tertiary/aromatic N) is 1. The minimum absolute atomic E-state index is 0.180. The molecule has 0 saturated heterocycles. The lowest BCUT2D eigenvalue weighted by molar-refractivity contribution is -0.121. The lowest BCUT2D eigenvalue weighted by Gasteiger charge is -2.16. The van der Waals surface area contributed by atoms with Crippen LogP contribution in [0.25, 0.3) is 0 Å². The van der Waals surface area contributed by atoms with Gasteiger partial charge in [0.15, 0.2) is 0 Å². The van der Waals surface area contributed by atoms with Crippen LogP contribution in [0.15, 0.2) is 34.1 Å². The Morgan fingerprint density at radius 2 is 1.89 bits per heavy atom. The summed E-state index contributed by atoms with van der Waals surface area (Å²) in [6, 6.07) is 6.60. The summed E-state index contributed by atoms with van der Waals surface area (Å²) < 4.78 is 25.5. The molecule has 0 heterocycles. The van der Waals surface area contributed by atoms with Crippen LogP contribution >= 0.6 is 11.8 Å². The van der Waals surface area contributed by atoms with Crippen LogP contribution in [-0.4, -0.2) is 45.0 Å². The van der Waals surface area contributed by atoms with Crippen LogP contribution < -0.4 is 5.32 Å². The van der Waals surface area contributed by atoms with Crippen molar-refractivity contribution in [1.29, 1.82) is 0 Å². The fourth-order valence-corrected chi connectivity index (χ4v) is 3.00. The van der Waals surface area contributed by atoms with Gasteiger partial charge in [0.2, 0.25) is 15.9 Å². The maximum Gasteiger partial charge on any atom is 0.243 e. The van der Waals surface area contributed by atoms with Crippen molar-refractivity contribution in [3.63, 3.8) is 0 Å². The Balaban J connectivity index is 2.86. The molecule has 0 fully saturated rings. The molecule has 7 heteroatoms. The third-order valence-electron chi connectivity index (χ3n) is 2.51. The van der Waals surface area contributed by atoms with Crippen LogP contribution in [0.4, 0.5) is 0 Å². The number of hydrogen-bond donors (Lipinski definition) is 1. The van der Waals surface area contributed by atoms with E-state index in [0.717, 1.165) is 9.20 Å². The molecule has 0 radical (unpaired) electrons. The molecule has 0 aromatic heterocycles. The van der Waals surface area contributed by atoms with Crippen LogP contribution in [0.3, 0.4) is 0 Å². The molecule has 106 valence electrons. The molecule has 1 aromatic rings. The summed E-state index contributed by atoms with van der Waals surface area (Å²) in [5.41, 5.74) is 0. The van der Waals surface area contributed by atoms with Crippen molar-refractivity contribution in [2.24, 2.45) is 0 Å². The number of benzene rings is 1. The van der Waals surface area contributed by atoms with Gasteiger partial charge < -0.3 is 5.32 Å². The number of rotatable bonds is 6. The second-order valence-corrected chi connectivity index (χ2v) is 6.81. The third kappa shape index (κ3) is 4.22. The average molecular weight is 302 g/mol. The van der Waals surface area contributed by atoms with Gasteiger partial charge in [-0.2, -0.15) is 4.31 Å². The molecule has 1 N–H and O–H groups in total. The first-order chi connectivity index (χ1) is 8.91. The zero-order valence-electron chi connectivity index (χ0n) is 11.2. The highest BCUT2D eigenvalue weighted by Gasteiger charge is 2.22. The normalized spacial score (nSPS) is 11.6. The lowest BCUT2D eigenvalue weighted by atomic mass is 10.4. The summed E-state index contributed by atoms with van der Waals surface area (Å²) >= 11 is 1.54. The summed E-state index contributed by atoms with van der Waals surface area (Å²) in [7, 11) is -2.22. The molecular formula is C12H18N2O3S2. The predicted octanol–water partition coefficient (Wildman–Crippen LogP) is 1.17. The number of sulfonamides is 1. The van der Waals surface area contributed by atoms with Gasteiger partial charge in [0.25, 0.3) is 0 Å². The van der Waals surface area contributed by atoms with E-state index in [2.05, 4.69) is 5.32 Å².